The highest BCUT2D eigenvalue weighted by Gasteiger charge is 2.03. The third-order valence-electron chi connectivity index (χ3n) is 2.42. The fourth-order valence-electron chi connectivity index (χ4n) is 0.951. The molecular formula is C12H24. The van der Waals surface area contributed by atoms with Crippen molar-refractivity contribution >= 4 is 0 Å². The van der Waals surface area contributed by atoms with E-state index >= 15 is 0 Å². The van der Waals surface area contributed by atoms with Crippen LogP contribution in [0.5, 0.6) is 0 Å². The van der Waals surface area contributed by atoms with Crippen molar-refractivity contribution in [2.75, 3.05) is 0 Å². The lowest BCUT2D eigenvalue weighted by molar-refractivity contribution is 0.423. The van der Waals surface area contributed by atoms with Gasteiger partial charge in [-0.1, -0.05) is 46.8 Å². The van der Waals surface area contributed by atoms with E-state index in [1.807, 2.05) is 0 Å². The molecular weight excluding hydrogens is 144 g/mol. The lowest BCUT2D eigenvalue weighted by Gasteiger charge is -2.12. The van der Waals surface area contributed by atoms with Crippen LogP contribution in [0.3, 0.4) is 0 Å². The van der Waals surface area contributed by atoms with E-state index in [0.717, 1.165) is 17.8 Å². The molecule has 0 saturated carbocycles. The van der Waals surface area contributed by atoms with Gasteiger partial charge in [0, 0.05) is 0 Å². The molecule has 0 bridgehead atoms. The first-order chi connectivity index (χ1) is 5.54. The second kappa shape index (κ2) is 6.28. The fraction of sp³-hybridized carbons (Fsp3) is 0.833. The van der Waals surface area contributed by atoms with E-state index in [2.05, 4.69) is 46.8 Å². The molecule has 0 aliphatic carbocycles. The zero-order valence-corrected chi connectivity index (χ0v) is 9.30. The maximum absolute atomic E-state index is 2.34. The SMILES string of the molecule is CC(C)C/C=C/CC(C)C(C)C. The maximum atomic E-state index is 2.34. The Kier molecular flexibility index (Phi) is 6.14. The molecule has 0 saturated heterocycles. The molecule has 72 valence electrons. The molecule has 0 aromatic rings. The largest absolute Gasteiger partial charge is 0.0883 e. The highest BCUT2D eigenvalue weighted by Crippen LogP contribution is 2.14. The van der Waals surface area contributed by atoms with Gasteiger partial charge in [-0.05, 0) is 30.6 Å². The van der Waals surface area contributed by atoms with Gasteiger partial charge in [0.1, 0.15) is 0 Å². The minimum atomic E-state index is 0.801. The summed E-state index contributed by atoms with van der Waals surface area (Å²) in [5.74, 6) is 2.44. The fourth-order valence-corrected chi connectivity index (χ4v) is 0.951. The van der Waals surface area contributed by atoms with Gasteiger partial charge in [-0.2, -0.15) is 0 Å². The van der Waals surface area contributed by atoms with Gasteiger partial charge in [0.2, 0.25) is 0 Å². The monoisotopic (exact) mass is 168 g/mol. The van der Waals surface area contributed by atoms with Crippen molar-refractivity contribution < 1.29 is 0 Å². The summed E-state index contributed by atoms with van der Waals surface area (Å²) in [7, 11) is 0. The second-order valence-corrected chi connectivity index (χ2v) is 4.56. The topological polar surface area (TPSA) is 0 Å². The third-order valence-corrected chi connectivity index (χ3v) is 2.42. The average molecular weight is 168 g/mol. The molecule has 0 rings (SSSR count). The molecule has 0 nitrogen and oxygen atoms in total. The Balaban J connectivity index is 3.46. The van der Waals surface area contributed by atoms with E-state index in [0.29, 0.717) is 0 Å². The molecule has 0 aliphatic rings. The lowest BCUT2D eigenvalue weighted by atomic mass is 9.94. The summed E-state index contributed by atoms with van der Waals surface area (Å²) in [5, 5.41) is 0. The molecule has 0 fully saturated rings. The zero-order valence-electron chi connectivity index (χ0n) is 9.30. The highest BCUT2D eigenvalue weighted by molar-refractivity contribution is 4.84. The van der Waals surface area contributed by atoms with Crippen molar-refractivity contribution in [2.24, 2.45) is 17.8 Å². The van der Waals surface area contributed by atoms with E-state index in [1.165, 1.54) is 12.8 Å². The van der Waals surface area contributed by atoms with Crippen molar-refractivity contribution in [2.45, 2.75) is 47.5 Å². The Morgan fingerprint density at radius 3 is 1.75 bits per heavy atom. The first-order valence-corrected chi connectivity index (χ1v) is 5.19. The van der Waals surface area contributed by atoms with Gasteiger partial charge in [0.15, 0.2) is 0 Å². The molecule has 0 heteroatoms. The van der Waals surface area contributed by atoms with Gasteiger partial charge >= 0.3 is 0 Å². The Hall–Kier alpha value is -0.260. The van der Waals surface area contributed by atoms with Crippen molar-refractivity contribution in [1.82, 2.24) is 0 Å². The van der Waals surface area contributed by atoms with Crippen molar-refractivity contribution in [1.29, 1.82) is 0 Å². The maximum Gasteiger partial charge on any atom is -0.0322 e. The molecule has 1 unspecified atom stereocenters. The molecule has 0 aromatic heterocycles. The normalized spacial score (nSPS) is 14.9. The van der Waals surface area contributed by atoms with Crippen molar-refractivity contribution in [3.05, 3.63) is 12.2 Å². The molecule has 12 heavy (non-hydrogen) atoms. The van der Waals surface area contributed by atoms with Crippen LogP contribution >= 0.6 is 0 Å². The summed E-state index contributed by atoms with van der Waals surface area (Å²) in [4.78, 5) is 0. The third kappa shape index (κ3) is 6.45. The Morgan fingerprint density at radius 1 is 0.833 bits per heavy atom. The Labute approximate surface area is 78.1 Å². The van der Waals surface area contributed by atoms with Crippen LogP contribution in [0.2, 0.25) is 0 Å². The van der Waals surface area contributed by atoms with Crippen LogP contribution in [-0.2, 0) is 0 Å². The summed E-state index contributed by atoms with van der Waals surface area (Å²) >= 11 is 0. The van der Waals surface area contributed by atoms with E-state index in [9.17, 15) is 0 Å². The van der Waals surface area contributed by atoms with Crippen LogP contribution in [0, 0.1) is 17.8 Å². The van der Waals surface area contributed by atoms with Crippen LogP contribution in [-0.4, -0.2) is 0 Å². The summed E-state index contributed by atoms with van der Waals surface area (Å²) < 4.78 is 0. The van der Waals surface area contributed by atoms with Gasteiger partial charge in [-0.15, -0.1) is 0 Å². The predicted octanol–water partition coefficient (Wildman–Crippen LogP) is 4.27. The molecule has 0 aromatic carbocycles. The van der Waals surface area contributed by atoms with Crippen LogP contribution in [0.1, 0.15) is 47.5 Å². The van der Waals surface area contributed by atoms with Gasteiger partial charge < -0.3 is 0 Å². The summed E-state index contributed by atoms with van der Waals surface area (Å²) in [6, 6.07) is 0. The molecule has 1 atom stereocenters. The molecule has 0 N–H and O–H groups in total. The first-order valence-electron chi connectivity index (χ1n) is 5.19. The number of allylic oxidation sites excluding steroid dienone is 2. The summed E-state index contributed by atoms with van der Waals surface area (Å²) in [6.07, 6.45) is 7.13. The van der Waals surface area contributed by atoms with Crippen molar-refractivity contribution in [3.8, 4) is 0 Å². The molecule has 0 amide bonds. The van der Waals surface area contributed by atoms with Crippen LogP contribution in [0.25, 0.3) is 0 Å². The van der Waals surface area contributed by atoms with E-state index in [4.69, 9.17) is 0 Å². The molecule has 0 radical (unpaired) electrons. The number of rotatable bonds is 5. The highest BCUT2D eigenvalue weighted by atomic mass is 14.1. The molecule has 0 aliphatic heterocycles. The minimum Gasteiger partial charge on any atom is -0.0883 e. The van der Waals surface area contributed by atoms with E-state index in [-0.39, 0.29) is 0 Å². The predicted molar refractivity (Wildman–Crippen MR) is 57.2 cm³/mol. The number of hydrogen-bond donors (Lipinski definition) is 0. The number of hydrogen-bond acceptors (Lipinski definition) is 0. The van der Waals surface area contributed by atoms with Crippen molar-refractivity contribution in [3.63, 3.8) is 0 Å². The zero-order chi connectivity index (χ0) is 9.56. The quantitative estimate of drug-likeness (QED) is 0.538. The second-order valence-electron chi connectivity index (χ2n) is 4.56. The lowest BCUT2D eigenvalue weighted by Crippen LogP contribution is -2.01. The molecule has 0 heterocycles. The Bertz CT molecular complexity index is 120. The van der Waals surface area contributed by atoms with E-state index in [1.54, 1.807) is 0 Å². The van der Waals surface area contributed by atoms with E-state index < -0.39 is 0 Å². The van der Waals surface area contributed by atoms with Gasteiger partial charge in [-0.25, -0.2) is 0 Å². The smallest absolute Gasteiger partial charge is 0.0322 e. The van der Waals surface area contributed by atoms with Crippen LogP contribution in [0.15, 0.2) is 12.2 Å². The summed E-state index contributed by atoms with van der Waals surface area (Å²) in [5.41, 5.74) is 0. The Morgan fingerprint density at radius 2 is 1.33 bits per heavy atom. The van der Waals surface area contributed by atoms with Crippen LogP contribution in [0.4, 0.5) is 0 Å². The average Bonchev–Trinajstić information content (AvgIpc) is 1.97. The minimum absolute atomic E-state index is 0.801. The summed E-state index contributed by atoms with van der Waals surface area (Å²) in [6.45, 7) is 11.4. The van der Waals surface area contributed by atoms with Crippen LogP contribution < -0.4 is 0 Å². The van der Waals surface area contributed by atoms with Gasteiger partial charge in [-0.3, -0.25) is 0 Å². The van der Waals surface area contributed by atoms with Gasteiger partial charge in [0.25, 0.3) is 0 Å². The molecule has 0 spiro atoms. The standard InChI is InChI=1S/C12H24/c1-10(2)8-6-7-9-12(5)11(3)4/h6-7,10-12H,8-9H2,1-5H3/b7-6+. The first kappa shape index (κ1) is 11.7. The van der Waals surface area contributed by atoms with Gasteiger partial charge in [0.05, 0.1) is 0 Å².